The number of carbonyl (C=O) groups excluding carboxylic acids is 2. The average Bonchev–Trinajstić information content (AvgIpc) is 2.76. The summed E-state index contributed by atoms with van der Waals surface area (Å²) in [5.41, 5.74) is 5.00. The van der Waals surface area contributed by atoms with Gasteiger partial charge in [-0.1, -0.05) is 6.07 Å². The molecular formula is C12H13IN2O4S. The van der Waals surface area contributed by atoms with Gasteiger partial charge in [0.1, 0.15) is 0 Å². The molecular weight excluding hydrogens is 395 g/mol. The second-order valence-electron chi connectivity index (χ2n) is 4.55. The molecule has 108 valence electrons. The minimum absolute atomic E-state index is 0.0237. The van der Waals surface area contributed by atoms with Gasteiger partial charge in [0.2, 0.25) is 5.91 Å². The van der Waals surface area contributed by atoms with Gasteiger partial charge in [-0.25, -0.2) is 8.42 Å². The molecule has 1 aromatic rings. The lowest BCUT2D eigenvalue weighted by molar-refractivity contribution is -0.125. The molecule has 8 heteroatoms. The predicted molar refractivity (Wildman–Crippen MR) is 81.5 cm³/mol. The Labute approximate surface area is 130 Å². The van der Waals surface area contributed by atoms with E-state index in [1.54, 1.807) is 18.2 Å². The Morgan fingerprint density at radius 1 is 1.25 bits per heavy atom. The Kier molecular flexibility index (Phi) is 4.63. The van der Waals surface area contributed by atoms with Crippen molar-refractivity contribution in [1.29, 1.82) is 0 Å². The van der Waals surface area contributed by atoms with E-state index in [-0.39, 0.29) is 11.5 Å². The molecule has 0 unspecified atom stereocenters. The highest BCUT2D eigenvalue weighted by atomic mass is 127. The summed E-state index contributed by atoms with van der Waals surface area (Å²) in [7, 11) is -3.11. The molecule has 2 rings (SSSR count). The van der Waals surface area contributed by atoms with Crippen LogP contribution in [0.3, 0.4) is 0 Å². The lowest BCUT2D eigenvalue weighted by Crippen LogP contribution is -2.44. The van der Waals surface area contributed by atoms with E-state index in [9.17, 15) is 18.0 Å². The van der Waals surface area contributed by atoms with Crippen molar-refractivity contribution in [2.45, 2.75) is 6.42 Å². The zero-order valence-electron chi connectivity index (χ0n) is 10.4. The Hall–Kier alpha value is -1.16. The minimum Gasteiger partial charge on any atom is -0.273 e. The fourth-order valence-corrected chi connectivity index (χ4v) is 4.21. The lowest BCUT2D eigenvalue weighted by atomic mass is 10.1. The molecule has 1 aliphatic rings. The molecule has 1 saturated heterocycles. The van der Waals surface area contributed by atoms with Crippen LogP contribution >= 0.6 is 22.6 Å². The molecule has 2 amide bonds. The van der Waals surface area contributed by atoms with Crippen LogP contribution in [0.25, 0.3) is 0 Å². The number of hydrazine groups is 1. The van der Waals surface area contributed by atoms with Crippen LogP contribution in [0.4, 0.5) is 0 Å². The van der Waals surface area contributed by atoms with Crippen LogP contribution in [0.5, 0.6) is 0 Å². The fraction of sp³-hybridized carbons (Fsp3) is 0.333. The first-order valence-electron chi connectivity index (χ1n) is 5.93. The number of amides is 2. The number of carbonyl (C=O) groups is 2. The standard InChI is InChI=1S/C12H13IN2O4S/c13-10-3-1-2-8(6-10)11(16)14-15-12(17)9-4-5-20(18,19)7-9/h1-3,6,9H,4-5,7H2,(H,14,16)(H,15,17)/t9-/m1/s1. The first-order valence-corrected chi connectivity index (χ1v) is 8.83. The van der Waals surface area contributed by atoms with Crippen molar-refractivity contribution in [3.05, 3.63) is 33.4 Å². The number of hydrogen-bond donors (Lipinski definition) is 2. The summed E-state index contributed by atoms with van der Waals surface area (Å²) >= 11 is 2.08. The quantitative estimate of drug-likeness (QED) is 0.551. The summed E-state index contributed by atoms with van der Waals surface area (Å²) in [5.74, 6) is -1.62. The van der Waals surface area contributed by atoms with Crippen molar-refractivity contribution in [1.82, 2.24) is 10.9 Å². The Bertz CT molecular complexity index is 645. The molecule has 0 radical (unpaired) electrons. The van der Waals surface area contributed by atoms with Crippen molar-refractivity contribution in [2.75, 3.05) is 11.5 Å². The smallest absolute Gasteiger partial charge is 0.269 e. The van der Waals surface area contributed by atoms with Crippen LogP contribution in [0.2, 0.25) is 0 Å². The third kappa shape index (κ3) is 3.92. The zero-order chi connectivity index (χ0) is 14.8. The summed E-state index contributed by atoms with van der Waals surface area (Å²) in [5, 5.41) is 0. The number of benzene rings is 1. The Morgan fingerprint density at radius 2 is 2.00 bits per heavy atom. The largest absolute Gasteiger partial charge is 0.273 e. The molecule has 20 heavy (non-hydrogen) atoms. The summed E-state index contributed by atoms with van der Waals surface area (Å²) in [6.07, 6.45) is 0.299. The fourth-order valence-electron chi connectivity index (χ4n) is 1.92. The average molecular weight is 408 g/mol. The van der Waals surface area contributed by atoms with Gasteiger partial charge in [-0.2, -0.15) is 0 Å². The van der Waals surface area contributed by atoms with Crippen molar-refractivity contribution >= 4 is 44.2 Å². The van der Waals surface area contributed by atoms with Crippen LogP contribution in [0.15, 0.2) is 24.3 Å². The van der Waals surface area contributed by atoms with Gasteiger partial charge in [0.25, 0.3) is 5.91 Å². The summed E-state index contributed by atoms with van der Waals surface area (Å²) in [4.78, 5) is 23.5. The molecule has 6 nitrogen and oxygen atoms in total. The molecule has 2 N–H and O–H groups in total. The van der Waals surface area contributed by atoms with Gasteiger partial charge < -0.3 is 0 Å². The second kappa shape index (κ2) is 6.08. The first kappa shape index (κ1) is 15.2. The number of nitrogens with one attached hydrogen (secondary N) is 2. The number of halogens is 1. The van der Waals surface area contributed by atoms with Crippen LogP contribution in [0, 0.1) is 9.49 Å². The van der Waals surface area contributed by atoms with Gasteiger partial charge in [-0.15, -0.1) is 0 Å². The SMILES string of the molecule is O=C(NNC(=O)[C@@H]1CCS(=O)(=O)C1)c1cccc(I)c1. The van der Waals surface area contributed by atoms with Crippen molar-refractivity contribution in [3.8, 4) is 0 Å². The maximum absolute atomic E-state index is 11.8. The van der Waals surface area contributed by atoms with Gasteiger partial charge in [-0.3, -0.25) is 20.4 Å². The van der Waals surface area contributed by atoms with Gasteiger partial charge >= 0.3 is 0 Å². The molecule has 1 fully saturated rings. The van der Waals surface area contributed by atoms with E-state index in [1.165, 1.54) is 0 Å². The molecule has 0 aromatic heterocycles. The zero-order valence-corrected chi connectivity index (χ0v) is 13.4. The van der Waals surface area contributed by atoms with Gasteiger partial charge in [0.15, 0.2) is 9.84 Å². The Morgan fingerprint density at radius 3 is 2.60 bits per heavy atom. The van der Waals surface area contributed by atoms with E-state index in [0.29, 0.717) is 12.0 Å². The topological polar surface area (TPSA) is 92.3 Å². The van der Waals surface area contributed by atoms with E-state index in [2.05, 4.69) is 33.4 Å². The maximum atomic E-state index is 11.8. The molecule has 0 saturated carbocycles. The minimum atomic E-state index is -3.11. The third-order valence-electron chi connectivity index (χ3n) is 2.99. The van der Waals surface area contributed by atoms with E-state index >= 15 is 0 Å². The van der Waals surface area contributed by atoms with Crippen molar-refractivity contribution < 1.29 is 18.0 Å². The maximum Gasteiger partial charge on any atom is 0.269 e. The van der Waals surface area contributed by atoms with Gasteiger partial charge in [0.05, 0.1) is 17.4 Å². The highest BCUT2D eigenvalue weighted by molar-refractivity contribution is 14.1. The highest BCUT2D eigenvalue weighted by Crippen LogP contribution is 2.18. The number of rotatable bonds is 2. The van der Waals surface area contributed by atoms with Crippen LogP contribution in [-0.4, -0.2) is 31.7 Å². The van der Waals surface area contributed by atoms with E-state index < -0.39 is 27.6 Å². The molecule has 1 atom stereocenters. The molecule has 0 spiro atoms. The Balaban J connectivity index is 1.89. The molecule has 1 aromatic carbocycles. The predicted octanol–water partition coefficient (Wildman–Crippen LogP) is 0.487. The normalized spacial score (nSPS) is 20.4. The van der Waals surface area contributed by atoms with Crippen molar-refractivity contribution in [3.63, 3.8) is 0 Å². The van der Waals surface area contributed by atoms with E-state index in [0.717, 1.165) is 3.57 Å². The highest BCUT2D eigenvalue weighted by Gasteiger charge is 2.33. The molecule has 1 heterocycles. The molecule has 0 aliphatic carbocycles. The van der Waals surface area contributed by atoms with Crippen molar-refractivity contribution in [2.24, 2.45) is 5.92 Å². The summed E-state index contributed by atoms with van der Waals surface area (Å²) in [6, 6.07) is 6.90. The monoisotopic (exact) mass is 408 g/mol. The summed E-state index contributed by atoms with van der Waals surface area (Å²) < 4.78 is 23.5. The van der Waals surface area contributed by atoms with Crippen LogP contribution in [-0.2, 0) is 14.6 Å². The molecule has 1 aliphatic heterocycles. The second-order valence-corrected chi connectivity index (χ2v) is 8.03. The van der Waals surface area contributed by atoms with Crippen LogP contribution in [0.1, 0.15) is 16.8 Å². The van der Waals surface area contributed by atoms with E-state index in [1.807, 2.05) is 6.07 Å². The summed E-state index contributed by atoms with van der Waals surface area (Å²) in [6.45, 7) is 0. The number of hydrogen-bond acceptors (Lipinski definition) is 4. The van der Waals surface area contributed by atoms with Gasteiger partial charge in [-0.05, 0) is 47.2 Å². The lowest BCUT2D eigenvalue weighted by Gasteiger charge is -2.10. The molecule has 0 bridgehead atoms. The van der Waals surface area contributed by atoms with Crippen LogP contribution < -0.4 is 10.9 Å². The first-order chi connectivity index (χ1) is 9.37. The third-order valence-corrected chi connectivity index (χ3v) is 5.43. The number of sulfone groups is 1. The van der Waals surface area contributed by atoms with E-state index in [4.69, 9.17) is 0 Å². The van der Waals surface area contributed by atoms with Gasteiger partial charge in [0, 0.05) is 9.13 Å².